The third kappa shape index (κ3) is 2.54. The smallest absolute Gasteiger partial charge is 0.315 e. The van der Waals surface area contributed by atoms with Gasteiger partial charge in [-0.3, -0.25) is 4.90 Å². The monoisotopic (exact) mass is 344 g/mol. The maximum absolute atomic E-state index is 13.4. The van der Waals surface area contributed by atoms with E-state index < -0.39 is 0 Å². The zero-order valence-electron chi connectivity index (χ0n) is 15.0. The summed E-state index contributed by atoms with van der Waals surface area (Å²) >= 11 is 0. The molecule has 2 unspecified atom stereocenters. The summed E-state index contributed by atoms with van der Waals surface area (Å²) in [5.74, 6) is 0. The lowest BCUT2D eigenvalue weighted by Crippen LogP contribution is -2.51. The molecule has 3 aliphatic heterocycles. The van der Waals surface area contributed by atoms with Crippen molar-refractivity contribution < 1.29 is 4.79 Å². The van der Waals surface area contributed by atoms with E-state index in [0.29, 0.717) is 6.04 Å². The van der Waals surface area contributed by atoms with Crippen molar-refractivity contribution in [2.24, 2.45) is 0 Å². The van der Waals surface area contributed by atoms with Gasteiger partial charge >= 0.3 is 6.03 Å². The first-order valence-corrected chi connectivity index (χ1v) is 9.75. The van der Waals surface area contributed by atoms with E-state index in [0.717, 1.165) is 44.3 Å². The molecule has 3 heterocycles. The van der Waals surface area contributed by atoms with Gasteiger partial charge in [0.25, 0.3) is 0 Å². The Labute approximate surface area is 154 Å². The largest absolute Gasteiger partial charge is 0.325 e. The van der Waals surface area contributed by atoms with E-state index in [9.17, 15) is 4.79 Å². The summed E-state index contributed by atoms with van der Waals surface area (Å²) in [6.07, 6.45) is 7.64. The highest BCUT2D eigenvalue weighted by atomic mass is 16.2. The highest BCUT2D eigenvalue weighted by molar-refractivity contribution is 5.94. The number of anilines is 1. The molecule has 0 aliphatic carbocycles. The molecule has 0 spiro atoms. The number of rotatable bonds is 1. The van der Waals surface area contributed by atoms with Crippen LogP contribution in [-0.2, 0) is 6.42 Å². The van der Waals surface area contributed by atoms with Gasteiger partial charge in [0.2, 0.25) is 0 Å². The SMILES string of the molecule is O=C(N1CCCc2ccccc21)N1C2C=C(c3ccccc3)CC1CC2. The second kappa shape index (κ2) is 6.31. The molecule has 1 saturated heterocycles. The normalized spacial score (nSPS) is 24.2. The number of fused-ring (bicyclic) bond motifs is 3. The standard InChI is InChI=1S/C23H24N2O/c26-23(24-14-6-10-18-9-4-5-11-22(18)24)25-20-12-13-21(25)16-19(15-20)17-7-2-1-3-8-17/h1-5,7-9,11,15,20-21H,6,10,12-14,16H2. The fraction of sp³-hybridized carbons (Fsp3) is 0.348. The zero-order valence-corrected chi connectivity index (χ0v) is 15.0. The number of nitrogens with zero attached hydrogens (tertiary/aromatic N) is 2. The van der Waals surface area contributed by atoms with E-state index in [2.05, 4.69) is 59.5 Å². The van der Waals surface area contributed by atoms with Gasteiger partial charge in [-0.1, -0.05) is 54.6 Å². The molecule has 3 nitrogen and oxygen atoms in total. The van der Waals surface area contributed by atoms with Crippen molar-refractivity contribution in [2.75, 3.05) is 11.4 Å². The number of hydrogen-bond donors (Lipinski definition) is 0. The van der Waals surface area contributed by atoms with Crippen molar-refractivity contribution in [1.29, 1.82) is 0 Å². The summed E-state index contributed by atoms with van der Waals surface area (Å²) < 4.78 is 0. The second-order valence-electron chi connectivity index (χ2n) is 7.63. The average molecular weight is 344 g/mol. The molecule has 1 fully saturated rings. The number of hydrogen-bond acceptors (Lipinski definition) is 1. The van der Waals surface area contributed by atoms with Crippen molar-refractivity contribution in [3.8, 4) is 0 Å². The van der Waals surface area contributed by atoms with Gasteiger partial charge in [-0.05, 0) is 54.9 Å². The summed E-state index contributed by atoms with van der Waals surface area (Å²) in [4.78, 5) is 17.6. The molecule has 132 valence electrons. The molecule has 0 radical (unpaired) electrons. The molecule has 2 aromatic carbocycles. The van der Waals surface area contributed by atoms with E-state index >= 15 is 0 Å². The molecule has 2 amide bonds. The highest BCUT2D eigenvalue weighted by Gasteiger charge is 2.42. The Morgan fingerprint density at radius 2 is 1.77 bits per heavy atom. The molecule has 0 N–H and O–H groups in total. The van der Waals surface area contributed by atoms with Crippen molar-refractivity contribution >= 4 is 17.3 Å². The molecular formula is C23H24N2O. The number of aryl methyl sites for hydroxylation is 1. The van der Waals surface area contributed by atoms with E-state index in [1.165, 1.54) is 16.7 Å². The summed E-state index contributed by atoms with van der Waals surface area (Å²) in [6, 6.07) is 19.8. The number of benzene rings is 2. The van der Waals surface area contributed by atoms with Crippen LogP contribution in [0.2, 0.25) is 0 Å². The molecule has 3 aliphatic rings. The molecule has 26 heavy (non-hydrogen) atoms. The molecule has 3 heteroatoms. The number of carbonyl (C=O) groups excluding carboxylic acids is 1. The minimum absolute atomic E-state index is 0.202. The first-order valence-electron chi connectivity index (χ1n) is 9.75. The van der Waals surface area contributed by atoms with Gasteiger partial charge < -0.3 is 4.90 Å². The molecule has 2 atom stereocenters. The maximum Gasteiger partial charge on any atom is 0.325 e. The van der Waals surface area contributed by atoms with Gasteiger partial charge in [0.05, 0.1) is 6.04 Å². The van der Waals surface area contributed by atoms with Gasteiger partial charge in [-0.25, -0.2) is 4.79 Å². The minimum atomic E-state index is 0.202. The number of para-hydroxylation sites is 1. The second-order valence-corrected chi connectivity index (χ2v) is 7.63. The van der Waals surface area contributed by atoms with Crippen molar-refractivity contribution in [2.45, 2.75) is 44.2 Å². The first-order chi connectivity index (χ1) is 12.8. The molecule has 0 aromatic heterocycles. The lowest BCUT2D eigenvalue weighted by Gasteiger charge is -2.39. The van der Waals surface area contributed by atoms with E-state index in [1.807, 2.05) is 11.0 Å². The van der Waals surface area contributed by atoms with E-state index in [4.69, 9.17) is 0 Å². The van der Waals surface area contributed by atoms with Gasteiger partial charge in [0.1, 0.15) is 0 Å². The minimum Gasteiger partial charge on any atom is -0.315 e. The zero-order chi connectivity index (χ0) is 17.5. The van der Waals surface area contributed by atoms with Crippen LogP contribution in [0.1, 0.15) is 36.8 Å². The number of carbonyl (C=O) groups is 1. The summed E-state index contributed by atoms with van der Waals surface area (Å²) in [6.45, 7) is 0.834. The molecule has 2 aromatic rings. The van der Waals surface area contributed by atoms with Crippen LogP contribution in [0.4, 0.5) is 10.5 Å². The van der Waals surface area contributed by atoms with Crippen LogP contribution in [0.5, 0.6) is 0 Å². The quantitative estimate of drug-likeness (QED) is 0.723. The van der Waals surface area contributed by atoms with E-state index in [-0.39, 0.29) is 12.1 Å². The fourth-order valence-electron chi connectivity index (χ4n) is 4.87. The summed E-state index contributed by atoms with van der Waals surface area (Å²) in [5, 5.41) is 0. The average Bonchev–Trinajstić information content (AvgIpc) is 2.97. The molecule has 5 rings (SSSR count). The summed E-state index contributed by atoms with van der Waals surface area (Å²) in [7, 11) is 0. The predicted octanol–water partition coefficient (Wildman–Crippen LogP) is 4.88. The van der Waals surface area contributed by atoms with Crippen LogP contribution in [-0.4, -0.2) is 29.6 Å². The van der Waals surface area contributed by atoms with Gasteiger partial charge in [-0.2, -0.15) is 0 Å². The van der Waals surface area contributed by atoms with Crippen LogP contribution in [0.3, 0.4) is 0 Å². The molecular weight excluding hydrogens is 320 g/mol. The Morgan fingerprint density at radius 1 is 0.962 bits per heavy atom. The van der Waals surface area contributed by atoms with Crippen LogP contribution in [0.15, 0.2) is 60.7 Å². The van der Waals surface area contributed by atoms with Crippen LogP contribution < -0.4 is 4.90 Å². The fourth-order valence-corrected chi connectivity index (χ4v) is 4.87. The molecule has 0 saturated carbocycles. The van der Waals surface area contributed by atoms with Crippen molar-refractivity contribution in [3.05, 3.63) is 71.8 Å². The highest BCUT2D eigenvalue weighted by Crippen LogP contribution is 2.40. The Balaban J connectivity index is 1.44. The Morgan fingerprint density at radius 3 is 2.62 bits per heavy atom. The number of amides is 2. The Kier molecular flexibility index (Phi) is 3.81. The lowest BCUT2D eigenvalue weighted by atomic mass is 9.95. The van der Waals surface area contributed by atoms with Crippen LogP contribution >= 0.6 is 0 Å². The Hall–Kier alpha value is -2.55. The van der Waals surface area contributed by atoms with Gasteiger partial charge in [-0.15, -0.1) is 0 Å². The number of urea groups is 1. The Bertz CT molecular complexity index is 858. The molecule has 2 bridgehead atoms. The van der Waals surface area contributed by atoms with Crippen molar-refractivity contribution in [1.82, 2.24) is 4.90 Å². The van der Waals surface area contributed by atoms with Gasteiger partial charge in [0.15, 0.2) is 0 Å². The summed E-state index contributed by atoms with van der Waals surface area (Å²) in [5.41, 5.74) is 5.12. The van der Waals surface area contributed by atoms with Crippen molar-refractivity contribution in [3.63, 3.8) is 0 Å². The van der Waals surface area contributed by atoms with Crippen LogP contribution in [0, 0.1) is 0 Å². The third-order valence-corrected chi connectivity index (χ3v) is 6.10. The third-order valence-electron chi connectivity index (χ3n) is 6.10. The first kappa shape index (κ1) is 15.7. The lowest BCUT2D eigenvalue weighted by molar-refractivity contribution is 0.186. The predicted molar refractivity (Wildman–Crippen MR) is 105 cm³/mol. The maximum atomic E-state index is 13.4. The van der Waals surface area contributed by atoms with Crippen LogP contribution in [0.25, 0.3) is 5.57 Å². The van der Waals surface area contributed by atoms with E-state index in [1.54, 1.807) is 0 Å². The van der Waals surface area contributed by atoms with Gasteiger partial charge in [0, 0.05) is 18.3 Å². The topological polar surface area (TPSA) is 23.6 Å².